The van der Waals surface area contributed by atoms with E-state index in [1.165, 1.54) is 12.1 Å². The molecule has 5 nitrogen and oxygen atoms in total. The number of halogens is 1. The molecule has 2 rings (SSSR count). The van der Waals surface area contributed by atoms with Gasteiger partial charge in [0.1, 0.15) is 6.04 Å². The molecule has 0 bridgehead atoms. The van der Waals surface area contributed by atoms with E-state index in [-0.39, 0.29) is 5.56 Å². The van der Waals surface area contributed by atoms with Gasteiger partial charge in [-0.1, -0.05) is 30.3 Å². The molecular formula is C15H13BrN2O3. The number of carbonyl (C=O) groups is 2. The summed E-state index contributed by atoms with van der Waals surface area (Å²) in [4.78, 5) is 23.1. The number of amides is 1. The summed E-state index contributed by atoms with van der Waals surface area (Å²) in [7, 11) is 0. The van der Waals surface area contributed by atoms with E-state index in [1.54, 1.807) is 30.3 Å². The van der Waals surface area contributed by atoms with Crippen LogP contribution in [-0.2, 0) is 4.79 Å². The molecule has 0 radical (unpaired) electrons. The highest BCUT2D eigenvalue weighted by Gasteiger charge is 2.17. The van der Waals surface area contributed by atoms with Crippen molar-refractivity contribution in [3.63, 3.8) is 0 Å². The van der Waals surface area contributed by atoms with Crippen LogP contribution < -0.4 is 11.1 Å². The second-order valence-corrected chi connectivity index (χ2v) is 5.23. The van der Waals surface area contributed by atoms with Crippen molar-refractivity contribution in [2.45, 2.75) is 6.04 Å². The molecule has 0 heterocycles. The van der Waals surface area contributed by atoms with Crippen molar-refractivity contribution < 1.29 is 14.7 Å². The number of rotatable bonds is 4. The topological polar surface area (TPSA) is 92.4 Å². The molecule has 1 amide bonds. The normalized spacial score (nSPS) is 11.7. The number of hydrogen-bond acceptors (Lipinski definition) is 3. The number of carboxylic acid groups (broad SMARTS) is 1. The average Bonchev–Trinajstić information content (AvgIpc) is 2.49. The fourth-order valence-electron chi connectivity index (χ4n) is 1.78. The summed E-state index contributed by atoms with van der Waals surface area (Å²) in [6.07, 6.45) is 0. The highest BCUT2D eigenvalue weighted by Crippen LogP contribution is 2.25. The van der Waals surface area contributed by atoms with Crippen molar-refractivity contribution in [3.05, 3.63) is 64.1 Å². The Kier molecular flexibility index (Phi) is 4.72. The molecule has 0 saturated heterocycles. The zero-order valence-corrected chi connectivity index (χ0v) is 12.5. The van der Waals surface area contributed by atoms with Gasteiger partial charge in [-0.25, -0.2) is 4.79 Å². The predicted molar refractivity (Wildman–Crippen MR) is 83.1 cm³/mol. The molecule has 0 saturated carbocycles. The lowest BCUT2D eigenvalue weighted by Crippen LogP contribution is -2.27. The maximum absolute atomic E-state index is 12.1. The van der Waals surface area contributed by atoms with Gasteiger partial charge in [0.2, 0.25) is 5.91 Å². The van der Waals surface area contributed by atoms with Crippen LogP contribution in [0.1, 0.15) is 22.0 Å². The van der Waals surface area contributed by atoms with E-state index >= 15 is 0 Å². The minimum Gasteiger partial charge on any atom is -0.478 e. The molecule has 0 fully saturated rings. The number of benzene rings is 2. The molecule has 0 aliphatic carbocycles. The monoisotopic (exact) mass is 348 g/mol. The Hall–Kier alpha value is -2.18. The summed E-state index contributed by atoms with van der Waals surface area (Å²) in [5.41, 5.74) is 7.02. The Labute approximate surface area is 129 Å². The van der Waals surface area contributed by atoms with Gasteiger partial charge >= 0.3 is 5.97 Å². The van der Waals surface area contributed by atoms with Crippen LogP contribution in [0.4, 0.5) is 5.69 Å². The molecule has 0 aromatic heterocycles. The van der Waals surface area contributed by atoms with Crippen molar-refractivity contribution in [3.8, 4) is 0 Å². The largest absolute Gasteiger partial charge is 0.478 e. The molecule has 0 aliphatic heterocycles. The van der Waals surface area contributed by atoms with E-state index in [4.69, 9.17) is 10.8 Å². The summed E-state index contributed by atoms with van der Waals surface area (Å²) >= 11 is 3.26. The maximum Gasteiger partial charge on any atom is 0.335 e. The number of hydrogen-bond donors (Lipinski definition) is 3. The molecule has 0 aliphatic rings. The molecule has 0 unspecified atom stereocenters. The van der Waals surface area contributed by atoms with E-state index in [1.807, 2.05) is 6.07 Å². The molecular weight excluding hydrogens is 336 g/mol. The summed E-state index contributed by atoms with van der Waals surface area (Å²) in [6, 6.07) is 12.5. The molecule has 2 aromatic rings. The molecule has 108 valence electrons. The lowest BCUT2D eigenvalue weighted by Gasteiger charge is -2.14. The highest BCUT2D eigenvalue weighted by atomic mass is 79.9. The van der Waals surface area contributed by atoms with E-state index < -0.39 is 17.9 Å². The van der Waals surface area contributed by atoms with Gasteiger partial charge in [-0.2, -0.15) is 0 Å². The molecule has 4 N–H and O–H groups in total. The minimum absolute atomic E-state index is 0.0850. The summed E-state index contributed by atoms with van der Waals surface area (Å²) in [6.45, 7) is 0. The second-order valence-electron chi connectivity index (χ2n) is 4.38. The van der Waals surface area contributed by atoms with Gasteiger partial charge in [0.25, 0.3) is 0 Å². The minimum atomic E-state index is -1.06. The molecule has 21 heavy (non-hydrogen) atoms. The van der Waals surface area contributed by atoms with Gasteiger partial charge in [0.05, 0.1) is 11.3 Å². The number of aromatic carboxylic acids is 1. The zero-order chi connectivity index (χ0) is 15.4. The van der Waals surface area contributed by atoms with Crippen LogP contribution >= 0.6 is 15.9 Å². The maximum atomic E-state index is 12.1. The number of anilines is 1. The van der Waals surface area contributed by atoms with E-state index in [0.29, 0.717) is 15.7 Å². The fraction of sp³-hybridized carbons (Fsp3) is 0.0667. The van der Waals surface area contributed by atoms with Crippen LogP contribution in [0.15, 0.2) is 53.0 Å². The van der Waals surface area contributed by atoms with Crippen LogP contribution in [-0.4, -0.2) is 17.0 Å². The van der Waals surface area contributed by atoms with Crippen LogP contribution in [0, 0.1) is 0 Å². The first-order valence-corrected chi connectivity index (χ1v) is 6.92. The third-order valence-corrected chi connectivity index (χ3v) is 3.60. The van der Waals surface area contributed by atoms with Gasteiger partial charge in [0, 0.05) is 4.47 Å². The molecule has 6 heteroatoms. The fourth-order valence-corrected chi connectivity index (χ4v) is 2.12. The van der Waals surface area contributed by atoms with Gasteiger partial charge in [0.15, 0.2) is 0 Å². The van der Waals surface area contributed by atoms with Crippen molar-refractivity contribution in [2.24, 2.45) is 5.73 Å². The summed E-state index contributed by atoms with van der Waals surface area (Å²) in [5.74, 6) is -1.48. The van der Waals surface area contributed by atoms with Gasteiger partial charge < -0.3 is 16.2 Å². The third-order valence-electron chi connectivity index (χ3n) is 2.91. The lowest BCUT2D eigenvalue weighted by atomic mass is 10.1. The molecule has 2 aromatic carbocycles. The van der Waals surface area contributed by atoms with Gasteiger partial charge in [-0.15, -0.1) is 0 Å². The van der Waals surface area contributed by atoms with Crippen LogP contribution in [0.25, 0.3) is 0 Å². The Morgan fingerprint density at radius 3 is 2.43 bits per heavy atom. The van der Waals surface area contributed by atoms with Crippen LogP contribution in [0.5, 0.6) is 0 Å². The SMILES string of the molecule is N[C@@H](C(=O)Nc1cc(C(=O)O)ccc1Br)c1ccccc1. The quantitative estimate of drug-likeness (QED) is 0.791. The summed E-state index contributed by atoms with van der Waals surface area (Å²) in [5, 5.41) is 11.6. The average molecular weight is 349 g/mol. The standard InChI is InChI=1S/C15H13BrN2O3/c16-11-7-6-10(15(20)21)8-12(11)18-14(19)13(17)9-4-2-1-3-5-9/h1-8,13H,17H2,(H,18,19)(H,20,21)/t13-/m1/s1. The first-order valence-electron chi connectivity index (χ1n) is 6.13. The number of nitrogens with one attached hydrogen (secondary N) is 1. The first kappa shape index (κ1) is 15.2. The Bertz CT molecular complexity index is 674. The van der Waals surface area contributed by atoms with Gasteiger partial charge in [-0.05, 0) is 39.7 Å². The third kappa shape index (κ3) is 3.68. The lowest BCUT2D eigenvalue weighted by molar-refractivity contribution is -0.117. The van der Waals surface area contributed by atoms with Crippen LogP contribution in [0.3, 0.4) is 0 Å². The van der Waals surface area contributed by atoms with E-state index in [2.05, 4.69) is 21.2 Å². The van der Waals surface area contributed by atoms with Crippen molar-refractivity contribution in [1.29, 1.82) is 0 Å². The Morgan fingerprint density at radius 2 is 1.81 bits per heavy atom. The first-order chi connectivity index (χ1) is 9.99. The molecule has 0 spiro atoms. The Balaban J connectivity index is 2.20. The predicted octanol–water partition coefficient (Wildman–Crippen LogP) is 2.79. The number of carboxylic acids is 1. The van der Waals surface area contributed by atoms with E-state index in [9.17, 15) is 9.59 Å². The van der Waals surface area contributed by atoms with Crippen molar-refractivity contribution >= 4 is 33.5 Å². The summed E-state index contributed by atoms with van der Waals surface area (Å²) < 4.78 is 0.584. The number of nitrogens with two attached hydrogens (primary N) is 1. The van der Waals surface area contributed by atoms with Crippen LogP contribution in [0.2, 0.25) is 0 Å². The van der Waals surface area contributed by atoms with Gasteiger partial charge in [-0.3, -0.25) is 4.79 Å². The molecule has 1 atom stereocenters. The van der Waals surface area contributed by atoms with Crippen molar-refractivity contribution in [2.75, 3.05) is 5.32 Å². The second kappa shape index (κ2) is 6.51. The van der Waals surface area contributed by atoms with E-state index in [0.717, 1.165) is 0 Å². The Morgan fingerprint density at radius 1 is 1.14 bits per heavy atom. The number of carbonyl (C=O) groups excluding carboxylic acids is 1. The van der Waals surface area contributed by atoms with Crippen molar-refractivity contribution in [1.82, 2.24) is 0 Å². The smallest absolute Gasteiger partial charge is 0.335 e. The zero-order valence-electron chi connectivity index (χ0n) is 10.9. The highest BCUT2D eigenvalue weighted by molar-refractivity contribution is 9.10.